The number of likely N-dealkylation sites (N-methyl/N-ethyl adjacent to an activating group) is 1. The zero-order chi connectivity index (χ0) is 12.7. The van der Waals surface area contributed by atoms with E-state index in [1.807, 2.05) is 0 Å². The van der Waals surface area contributed by atoms with E-state index in [0.29, 0.717) is 6.04 Å². The molecule has 0 radical (unpaired) electrons. The molecule has 0 amide bonds. The molecule has 3 heteroatoms. The minimum absolute atomic E-state index is 0.676. The standard InChI is InChI=1S/C14H31N3/c1-5-7-14(15-4)12-16-8-10-17(11-9-16)13(3)6-2/h13-15H,5-12H2,1-4H3. The van der Waals surface area contributed by atoms with Gasteiger partial charge in [-0.3, -0.25) is 9.80 Å². The third kappa shape index (κ3) is 4.94. The maximum atomic E-state index is 3.44. The van der Waals surface area contributed by atoms with Gasteiger partial charge in [0.25, 0.3) is 0 Å². The fourth-order valence-electron chi connectivity index (χ4n) is 2.63. The average Bonchev–Trinajstić information content (AvgIpc) is 2.38. The summed E-state index contributed by atoms with van der Waals surface area (Å²) in [5.74, 6) is 0. The van der Waals surface area contributed by atoms with Crippen LogP contribution in [0.5, 0.6) is 0 Å². The van der Waals surface area contributed by atoms with Crippen molar-refractivity contribution in [1.29, 1.82) is 0 Å². The van der Waals surface area contributed by atoms with Crippen molar-refractivity contribution in [3.05, 3.63) is 0 Å². The Morgan fingerprint density at radius 3 is 2.24 bits per heavy atom. The Hall–Kier alpha value is -0.120. The van der Waals surface area contributed by atoms with Crippen molar-refractivity contribution in [3.8, 4) is 0 Å². The third-order valence-corrected chi connectivity index (χ3v) is 4.15. The number of nitrogens with zero attached hydrogens (tertiary/aromatic N) is 2. The smallest absolute Gasteiger partial charge is 0.0191 e. The first-order chi connectivity index (χ1) is 8.21. The molecule has 2 unspecified atom stereocenters. The van der Waals surface area contributed by atoms with Crippen LogP contribution in [0.15, 0.2) is 0 Å². The van der Waals surface area contributed by atoms with Crippen molar-refractivity contribution in [2.75, 3.05) is 39.8 Å². The number of nitrogens with one attached hydrogen (secondary N) is 1. The molecule has 1 saturated heterocycles. The summed E-state index contributed by atoms with van der Waals surface area (Å²) in [4.78, 5) is 5.25. The molecule has 1 rings (SSSR count). The molecule has 0 bridgehead atoms. The fraction of sp³-hybridized carbons (Fsp3) is 1.00. The minimum atomic E-state index is 0.676. The maximum absolute atomic E-state index is 3.44. The van der Waals surface area contributed by atoms with E-state index in [4.69, 9.17) is 0 Å². The van der Waals surface area contributed by atoms with Crippen LogP contribution in [-0.2, 0) is 0 Å². The predicted octanol–water partition coefficient (Wildman–Crippen LogP) is 1.79. The molecule has 102 valence electrons. The molecule has 0 aliphatic carbocycles. The van der Waals surface area contributed by atoms with Gasteiger partial charge in [0, 0.05) is 44.8 Å². The Kier molecular flexibility index (Phi) is 7.09. The molecule has 1 N–H and O–H groups in total. The summed E-state index contributed by atoms with van der Waals surface area (Å²) in [6.07, 6.45) is 3.84. The second kappa shape index (κ2) is 8.06. The first kappa shape index (κ1) is 14.9. The maximum Gasteiger partial charge on any atom is 0.0191 e. The predicted molar refractivity (Wildman–Crippen MR) is 75.5 cm³/mol. The lowest BCUT2D eigenvalue weighted by Crippen LogP contribution is -2.52. The summed E-state index contributed by atoms with van der Waals surface area (Å²) < 4.78 is 0. The summed E-state index contributed by atoms with van der Waals surface area (Å²) in [5, 5.41) is 3.44. The molecule has 1 fully saturated rings. The fourth-order valence-corrected chi connectivity index (χ4v) is 2.63. The van der Waals surface area contributed by atoms with Crippen LogP contribution in [0.25, 0.3) is 0 Å². The van der Waals surface area contributed by atoms with E-state index in [0.717, 1.165) is 6.04 Å². The normalized spacial score (nSPS) is 22.6. The lowest BCUT2D eigenvalue weighted by atomic mass is 10.1. The summed E-state index contributed by atoms with van der Waals surface area (Å²) >= 11 is 0. The Morgan fingerprint density at radius 1 is 1.12 bits per heavy atom. The van der Waals surface area contributed by atoms with Gasteiger partial charge in [0.1, 0.15) is 0 Å². The molecule has 1 heterocycles. The van der Waals surface area contributed by atoms with Crippen molar-refractivity contribution < 1.29 is 0 Å². The first-order valence-electron chi connectivity index (χ1n) is 7.34. The SMILES string of the molecule is CCCC(CN1CCN(C(C)CC)CC1)NC. The van der Waals surface area contributed by atoms with Crippen LogP contribution >= 0.6 is 0 Å². The van der Waals surface area contributed by atoms with Gasteiger partial charge in [0.05, 0.1) is 0 Å². The van der Waals surface area contributed by atoms with Gasteiger partial charge in [-0.15, -0.1) is 0 Å². The average molecular weight is 241 g/mol. The van der Waals surface area contributed by atoms with Crippen molar-refractivity contribution in [2.45, 2.75) is 52.1 Å². The molecule has 1 aliphatic heterocycles. The molecule has 17 heavy (non-hydrogen) atoms. The minimum Gasteiger partial charge on any atom is -0.316 e. The van der Waals surface area contributed by atoms with Gasteiger partial charge in [-0.25, -0.2) is 0 Å². The first-order valence-corrected chi connectivity index (χ1v) is 7.34. The molecule has 0 aromatic heterocycles. The van der Waals surface area contributed by atoms with Gasteiger partial charge in [0.15, 0.2) is 0 Å². The Labute approximate surface area is 108 Å². The molecule has 0 aromatic carbocycles. The highest BCUT2D eigenvalue weighted by Gasteiger charge is 2.21. The molecule has 0 aromatic rings. The highest BCUT2D eigenvalue weighted by molar-refractivity contribution is 4.78. The van der Waals surface area contributed by atoms with Crippen molar-refractivity contribution >= 4 is 0 Å². The Morgan fingerprint density at radius 2 is 1.76 bits per heavy atom. The highest BCUT2D eigenvalue weighted by Crippen LogP contribution is 2.09. The Bertz CT molecular complexity index is 188. The molecule has 0 spiro atoms. The zero-order valence-electron chi connectivity index (χ0n) is 12.2. The lowest BCUT2D eigenvalue weighted by molar-refractivity contribution is 0.0937. The second-order valence-electron chi connectivity index (χ2n) is 5.37. The summed E-state index contributed by atoms with van der Waals surface area (Å²) in [6.45, 7) is 13.1. The van der Waals surface area contributed by atoms with Gasteiger partial charge >= 0.3 is 0 Å². The zero-order valence-corrected chi connectivity index (χ0v) is 12.2. The highest BCUT2D eigenvalue weighted by atomic mass is 15.3. The topological polar surface area (TPSA) is 18.5 Å². The van der Waals surface area contributed by atoms with E-state index in [1.54, 1.807) is 0 Å². The molecule has 3 nitrogen and oxygen atoms in total. The van der Waals surface area contributed by atoms with Crippen LogP contribution < -0.4 is 5.32 Å². The van der Waals surface area contributed by atoms with Crippen molar-refractivity contribution in [1.82, 2.24) is 15.1 Å². The van der Waals surface area contributed by atoms with Crippen molar-refractivity contribution in [2.24, 2.45) is 0 Å². The van der Waals surface area contributed by atoms with Gasteiger partial charge in [-0.1, -0.05) is 20.3 Å². The Balaban J connectivity index is 2.26. The van der Waals surface area contributed by atoms with Crippen LogP contribution in [0.4, 0.5) is 0 Å². The lowest BCUT2D eigenvalue weighted by Gasteiger charge is -2.39. The van der Waals surface area contributed by atoms with E-state index in [1.165, 1.54) is 52.0 Å². The number of rotatable bonds is 7. The second-order valence-corrected chi connectivity index (χ2v) is 5.37. The van der Waals surface area contributed by atoms with Crippen LogP contribution in [0.3, 0.4) is 0 Å². The third-order valence-electron chi connectivity index (χ3n) is 4.15. The van der Waals surface area contributed by atoms with E-state index in [2.05, 4.69) is 42.9 Å². The van der Waals surface area contributed by atoms with Crippen LogP contribution in [0.2, 0.25) is 0 Å². The van der Waals surface area contributed by atoms with E-state index >= 15 is 0 Å². The quantitative estimate of drug-likeness (QED) is 0.733. The molecular formula is C14H31N3. The van der Waals surface area contributed by atoms with Gasteiger partial charge in [0.2, 0.25) is 0 Å². The van der Waals surface area contributed by atoms with Gasteiger partial charge in [-0.2, -0.15) is 0 Å². The van der Waals surface area contributed by atoms with Crippen molar-refractivity contribution in [3.63, 3.8) is 0 Å². The van der Waals surface area contributed by atoms with Crippen LogP contribution in [-0.4, -0.2) is 61.7 Å². The number of hydrogen-bond donors (Lipinski definition) is 1. The summed E-state index contributed by atoms with van der Waals surface area (Å²) in [6, 6.07) is 1.43. The molecule has 2 atom stereocenters. The monoisotopic (exact) mass is 241 g/mol. The van der Waals surface area contributed by atoms with Crippen LogP contribution in [0.1, 0.15) is 40.0 Å². The number of piperazine rings is 1. The largest absolute Gasteiger partial charge is 0.316 e. The van der Waals surface area contributed by atoms with E-state index in [-0.39, 0.29) is 0 Å². The number of hydrogen-bond acceptors (Lipinski definition) is 3. The van der Waals surface area contributed by atoms with Gasteiger partial charge < -0.3 is 5.32 Å². The molecule has 0 saturated carbocycles. The summed E-state index contributed by atoms with van der Waals surface area (Å²) in [7, 11) is 2.09. The molecule has 1 aliphatic rings. The summed E-state index contributed by atoms with van der Waals surface area (Å²) in [5.41, 5.74) is 0. The van der Waals surface area contributed by atoms with E-state index in [9.17, 15) is 0 Å². The van der Waals surface area contributed by atoms with Gasteiger partial charge in [-0.05, 0) is 26.8 Å². The van der Waals surface area contributed by atoms with Crippen LogP contribution in [0, 0.1) is 0 Å². The molecular weight excluding hydrogens is 210 g/mol. The van der Waals surface area contributed by atoms with E-state index < -0.39 is 0 Å².